The highest BCUT2D eigenvalue weighted by Crippen LogP contribution is 2.38. The Kier molecular flexibility index (Phi) is 5.57. The van der Waals surface area contributed by atoms with Crippen LogP contribution in [0.15, 0.2) is 60.9 Å². The lowest BCUT2D eigenvalue weighted by Crippen LogP contribution is -2.31. The molecule has 2 aromatic carbocycles. The van der Waals surface area contributed by atoms with Crippen molar-refractivity contribution in [3.63, 3.8) is 0 Å². The molecule has 0 atom stereocenters. The van der Waals surface area contributed by atoms with E-state index in [1.165, 1.54) is 10.9 Å². The first-order valence-corrected chi connectivity index (χ1v) is 8.65. The fourth-order valence-electron chi connectivity index (χ4n) is 3.54. The molecule has 2 N–H and O–H groups in total. The number of pyridine rings is 1. The van der Waals surface area contributed by atoms with Crippen LogP contribution in [0.1, 0.15) is 25.7 Å². The summed E-state index contributed by atoms with van der Waals surface area (Å²) in [7, 11) is 0. The minimum absolute atomic E-state index is 0. The molecule has 0 radical (unpaired) electrons. The summed E-state index contributed by atoms with van der Waals surface area (Å²) in [6, 6.07) is 17.0. The lowest BCUT2D eigenvalue weighted by atomic mass is 9.93. The predicted octanol–water partition coefficient (Wildman–Crippen LogP) is 4.97. The van der Waals surface area contributed by atoms with Gasteiger partial charge in [0, 0.05) is 29.4 Å². The lowest BCUT2D eigenvalue weighted by Gasteiger charge is -2.28. The number of halogens is 1. The first-order valence-electron chi connectivity index (χ1n) is 8.65. The molecule has 3 nitrogen and oxygen atoms in total. The van der Waals surface area contributed by atoms with Gasteiger partial charge in [0.2, 0.25) is 0 Å². The maximum absolute atomic E-state index is 6.42. The van der Waals surface area contributed by atoms with Gasteiger partial charge in [0.05, 0.1) is 6.10 Å². The Bertz CT molecular complexity index is 830. The van der Waals surface area contributed by atoms with Gasteiger partial charge in [0.1, 0.15) is 5.75 Å². The van der Waals surface area contributed by atoms with Crippen LogP contribution in [0.4, 0.5) is 0 Å². The molecule has 130 valence electrons. The fraction of sp³-hybridized carbons (Fsp3) is 0.286. The minimum Gasteiger partial charge on any atom is -0.490 e. The Labute approximate surface area is 154 Å². The molecular formula is C21H23ClN2O. The lowest BCUT2D eigenvalue weighted by molar-refractivity contribution is 0.148. The van der Waals surface area contributed by atoms with Crippen molar-refractivity contribution < 1.29 is 4.74 Å². The molecular weight excluding hydrogens is 332 g/mol. The Morgan fingerprint density at radius 3 is 2.44 bits per heavy atom. The highest BCUT2D eigenvalue weighted by Gasteiger charge is 2.21. The summed E-state index contributed by atoms with van der Waals surface area (Å²) in [5.41, 5.74) is 8.36. The standard InChI is InChI=1S/C21H22N2O.ClH/c22-17-7-9-18(10-8-17)24-20-11-6-16-14-23-13-12-19(16)21(20)15-4-2-1-3-5-15;/h1-6,11-14,17-18H,7-10,22H2;1H. The highest BCUT2D eigenvalue weighted by molar-refractivity contribution is 5.99. The van der Waals surface area contributed by atoms with Gasteiger partial charge in [-0.3, -0.25) is 4.98 Å². The fourth-order valence-corrected chi connectivity index (χ4v) is 3.54. The minimum atomic E-state index is 0. The van der Waals surface area contributed by atoms with Crippen LogP contribution in [0.25, 0.3) is 21.9 Å². The second-order valence-corrected chi connectivity index (χ2v) is 6.56. The summed E-state index contributed by atoms with van der Waals surface area (Å²) in [6.45, 7) is 0. The summed E-state index contributed by atoms with van der Waals surface area (Å²) in [4.78, 5) is 4.25. The maximum atomic E-state index is 6.42. The third-order valence-corrected chi connectivity index (χ3v) is 4.86. The number of ether oxygens (including phenoxy) is 1. The molecule has 25 heavy (non-hydrogen) atoms. The van der Waals surface area contributed by atoms with Crippen LogP contribution >= 0.6 is 12.4 Å². The van der Waals surface area contributed by atoms with Crippen LogP contribution in [0.5, 0.6) is 5.75 Å². The van der Waals surface area contributed by atoms with Gasteiger partial charge in [-0.15, -0.1) is 12.4 Å². The predicted molar refractivity (Wildman–Crippen MR) is 105 cm³/mol. The Balaban J connectivity index is 0.00000182. The third-order valence-electron chi connectivity index (χ3n) is 4.86. The summed E-state index contributed by atoms with van der Waals surface area (Å²) in [5, 5.41) is 2.32. The number of hydrogen-bond donors (Lipinski definition) is 1. The van der Waals surface area contributed by atoms with Gasteiger partial charge in [0.25, 0.3) is 0 Å². The number of rotatable bonds is 3. The highest BCUT2D eigenvalue weighted by atomic mass is 35.5. The molecule has 4 heteroatoms. The van der Waals surface area contributed by atoms with E-state index in [4.69, 9.17) is 10.5 Å². The van der Waals surface area contributed by atoms with Crippen molar-refractivity contribution >= 4 is 23.2 Å². The second-order valence-electron chi connectivity index (χ2n) is 6.56. The molecule has 1 saturated carbocycles. The van der Waals surface area contributed by atoms with E-state index >= 15 is 0 Å². The van der Waals surface area contributed by atoms with Gasteiger partial charge >= 0.3 is 0 Å². The molecule has 3 aromatic rings. The molecule has 0 unspecified atom stereocenters. The van der Waals surface area contributed by atoms with Crippen LogP contribution in [0, 0.1) is 0 Å². The molecule has 4 rings (SSSR count). The molecule has 0 spiro atoms. The van der Waals surface area contributed by atoms with Crippen molar-refractivity contribution in [1.82, 2.24) is 4.98 Å². The third kappa shape index (κ3) is 3.78. The number of hydrogen-bond acceptors (Lipinski definition) is 3. The van der Waals surface area contributed by atoms with Crippen LogP contribution in [-0.4, -0.2) is 17.1 Å². The van der Waals surface area contributed by atoms with Gasteiger partial charge in [-0.05, 0) is 54.8 Å². The summed E-state index contributed by atoms with van der Waals surface area (Å²) >= 11 is 0. The quantitative estimate of drug-likeness (QED) is 0.722. The normalized spacial score (nSPS) is 20.0. The zero-order chi connectivity index (χ0) is 16.4. The van der Waals surface area contributed by atoms with Crippen molar-refractivity contribution in [3.8, 4) is 16.9 Å². The Morgan fingerprint density at radius 1 is 0.920 bits per heavy atom. The Morgan fingerprint density at radius 2 is 1.68 bits per heavy atom. The molecule has 0 amide bonds. The maximum Gasteiger partial charge on any atom is 0.128 e. The number of nitrogens with two attached hydrogens (primary N) is 1. The van der Waals surface area contributed by atoms with Crippen molar-refractivity contribution in [2.75, 3.05) is 0 Å². The number of benzene rings is 2. The van der Waals surface area contributed by atoms with E-state index in [1.54, 1.807) is 0 Å². The molecule has 1 fully saturated rings. The molecule has 0 aliphatic heterocycles. The van der Waals surface area contributed by atoms with E-state index in [-0.39, 0.29) is 18.5 Å². The van der Waals surface area contributed by atoms with Gasteiger partial charge in [-0.25, -0.2) is 0 Å². The number of aromatic nitrogens is 1. The molecule has 1 aliphatic carbocycles. The number of nitrogens with zero attached hydrogens (tertiary/aromatic N) is 1. The van der Waals surface area contributed by atoms with Gasteiger partial charge in [-0.2, -0.15) is 0 Å². The van der Waals surface area contributed by atoms with Crippen LogP contribution in [-0.2, 0) is 0 Å². The molecule has 0 bridgehead atoms. The second kappa shape index (κ2) is 7.85. The van der Waals surface area contributed by atoms with Crippen molar-refractivity contribution in [1.29, 1.82) is 0 Å². The Hall–Kier alpha value is -2.10. The van der Waals surface area contributed by atoms with Crippen molar-refractivity contribution in [2.45, 2.75) is 37.8 Å². The van der Waals surface area contributed by atoms with Crippen molar-refractivity contribution in [3.05, 3.63) is 60.9 Å². The van der Waals surface area contributed by atoms with E-state index in [0.29, 0.717) is 6.04 Å². The molecule has 1 aromatic heterocycles. The summed E-state index contributed by atoms with van der Waals surface area (Å²) in [5.74, 6) is 0.959. The van der Waals surface area contributed by atoms with E-state index in [0.717, 1.165) is 42.4 Å². The van der Waals surface area contributed by atoms with Gasteiger partial charge in [-0.1, -0.05) is 30.3 Å². The monoisotopic (exact) mass is 354 g/mol. The SMILES string of the molecule is Cl.NC1CCC(Oc2ccc3cnccc3c2-c2ccccc2)CC1. The summed E-state index contributed by atoms with van der Waals surface area (Å²) in [6.07, 6.45) is 8.16. The average Bonchev–Trinajstić information content (AvgIpc) is 2.64. The molecule has 1 aliphatic rings. The first-order chi connectivity index (χ1) is 11.8. The van der Waals surface area contributed by atoms with Crippen LogP contribution in [0.3, 0.4) is 0 Å². The zero-order valence-electron chi connectivity index (χ0n) is 14.1. The first kappa shape index (κ1) is 17.7. The largest absolute Gasteiger partial charge is 0.490 e. The van der Waals surface area contributed by atoms with E-state index in [9.17, 15) is 0 Å². The molecule has 1 heterocycles. The molecule has 0 saturated heterocycles. The van der Waals surface area contributed by atoms with Crippen LogP contribution < -0.4 is 10.5 Å². The van der Waals surface area contributed by atoms with Gasteiger partial charge in [0.15, 0.2) is 0 Å². The van der Waals surface area contributed by atoms with Crippen LogP contribution in [0.2, 0.25) is 0 Å². The smallest absolute Gasteiger partial charge is 0.128 e. The topological polar surface area (TPSA) is 48.1 Å². The van der Waals surface area contributed by atoms with Gasteiger partial charge < -0.3 is 10.5 Å². The average molecular weight is 355 g/mol. The zero-order valence-corrected chi connectivity index (χ0v) is 14.9. The number of fused-ring (bicyclic) bond motifs is 1. The van der Waals surface area contributed by atoms with E-state index in [1.807, 2.05) is 18.5 Å². The van der Waals surface area contributed by atoms with Crippen molar-refractivity contribution in [2.24, 2.45) is 5.73 Å². The van der Waals surface area contributed by atoms with E-state index < -0.39 is 0 Å². The van der Waals surface area contributed by atoms with E-state index in [2.05, 4.69) is 47.4 Å². The summed E-state index contributed by atoms with van der Waals surface area (Å²) < 4.78 is 6.42.